The van der Waals surface area contributed by atoms with Gasteiger partial charge in [0.05, 0.1) is 0 Å². The van der Waals surface area contributed by atoms with Crippen molar-refractivity contribution in [3.05, 3.63) is 23.8 Å². The molecule has 0 unspecified atom stereocenters. The minimum Gasteiger partial charge on any atom is -0.385 e. The van der Waals surface area contributed by atoms with Crippen molar-refractivity contribution in [3.8, 4) is 0 Å². The van der Waals surface area contributed by atoms with E-state index < -0.39 is 6.10 Å². The molecule has 0 radical (unpaired) electrons. The van der Waals surface area contributed by atoms with Gasteiger partial charge in [0, 0.05) is 12.4 Å². The highest BCUT2D eigenvalue weighted by atomic mass is 16.3. The van der Waals surface area contributed by atoms with Crippen LogP contribution in [-0.4, -0.2) is 15.1 Å². The lowest BCUT2D eigenvalue weighted by Gasteiger charge is -2.11. The van der Waals surface area contributed by atoms with Crippen LogP contribution in [0.5, 0.6) is 0 Å². The van der Waals surface area contributed by atoms with Gasteiger partial charge in [0.25, 0.3) is 0 Å². The summed E-state index contributed by atoms with van der Waals surface area (Å²) in [7, 11) is 0. The molecule has 0 aliphatic heterocycles. The molecule has 1 heterocycles. The van der Waals surface area contributed by atoms with Crippen molar-refractivity contribution < 1.29 is 5.11 Å². The van der Waals surface area contributed by atoms with E-state index in [1.807, 2.05) is 20.8 Å². The van der Waals surface area contributed by atoms with E-state index in [-0.39, 0.29) is 5.92 Å². The van der Waals surface area contributed by atoms with Crippen molar-refractivity contribution in [2.45, 2.75) is 26.9 Å². The maximum atomic E-state index is 9.56. The Balaban J connectivity index is 2.82. The van der Waals surface area contributed by atoms with Gasteiger partial charge in [-0.05, 0) is 18.4 Å². The summed E-state index contributed by atoms with van der Waals surface area (Å²) in [6.45, 7) is 5.80. The summed E-state index contributed by atoms with van der Waals surface area (Å²) in [5.41, 5.74) is 1.01. The van der Waals surface area contributed by atoms with Crippen LogP contribution in [0.1, 0.15) is 31.3 Å². The van der Waals surface area contributed by atoms with Gasteiger partial charge in [0.1, 0.15) is 6.10 Å². The Bertz CT molecular complexity index is 243. The zero-order valence-corrected chi connectivity index (χ0v) is 7.65. The van der Waals surface area contributed by atoms with Crippen LogP contribution < -0.4 is 0 Å². The first-order valence-electron chi connectivity index (χ1n) is 4.08. The fraction of sp³-hybridized carbons (Fsp3) is 0.556. The Morgan fingerprint density at radius 2 is 1.75 bits per heavy atom. The van der Waals surface area contributed by atoms with Gasteiger partial charge in [-0.25, -0.2) is 9.97 Å². The monoisotopic (exact) mass is 166 g/mol. The van der Waals surface area contributed by atoms with E-state index in [1.54, 1.807) is 12.4 Å². The first-order valence-corrected chi connectivity index (χ1v) is 4.08. The Morgan fingerprint density at radius 3 is 2.17 bits per heavy atom. The summed E-state index contributed by atoms with van der Waals surface area (Å²) in [5.74, 6) is 0.670. The highest BCUT2D eigenvalue weighted by Crippen LogP contribution is 2.16. The number of nitrogens with zero attached hydrogens (tertiary/aromatic N) is 2. The molecule has 0 amide bonds. The van der Waals surface area contributed by atoms with Crippen molar-refractivity contribution in [2.24, 2.45) is 5.92 Å². The van der Waals surface area contributed by atoms with Crippen molar-refractivity contribution in [1.29, 1.82) is 0 Å². The Kier molecular flexibility index (Phi) is 2.76. The lowest BCUT2D eigenvalue weighted by atomic mass is 10.1. The zero-order chi connectivity index (χ0) is 9.14. The molecule has 3 heteroatoms. The quantitative estimate of drug-likeness (QED) is 0.723. The zero-order valence-electron chi connectivity index (χ0n) is 7.65. The normalized spacial score (nSPS) is 13.4. The highest BCUT2D eigenvalue weighted by Gasteiger charge is 2.13. The van der Waals surface area contributed by atoms with Crippen LogP contribution >= 0.6 is 0 Å². The van der Waals surface area contributed by atoms with Crippen LogP contribution in [-0.2, 0) is 0 Å². The van der Waals surface area contributed by atoms with Crippen LogP contribution in [0, 0.1) is 12.8 Å². The molecule has 3 nitrogen and oxygen atoms in total. The van der Waals surface area contributed by atoms with Gasteiger partial charge in [-0.15, -0.1) is 0 Å². The number of hydrogen-bond acceptors (Lipinski definition) is 3. The average molecular weight is 166 g/mol. The molecule has 0 aromatic carbocycles. The van der Waals surface area contributed by atoms with Crippen LogP contribution in [0.2, 0.25) is 0 Å². The van der Waals surface area contributed by atoms with Gasteiger partial charge >= 0.3 is 0 Å². The molecular weight excluding hydrogens is 152 g/mol. The van der Waals surface area contributed by atoms with Crippen molar-refractivity contribution in [1.82, 2.24) is 9.97 Å². The second-order valence-electron chi connectivity index (χ2n) is 3.31. The van der Waals surface area contributed by atoms with E-state index in [9.17, 15) is 5.11 Å². The third-order valence-corrected chi connectivity index (χ3v) is 1.70. The van der Waals surface area contributed by atoms with E-state index in [1.165, 1.54) is 0 Å². The van der Waals surface area contributed by atoms with Crippen LogP contribution in [0.25, 0.3) is 0 Å². The molecule has 1 atom stereocenters. The summed E-state index contributed by atoms with van der Waals surface area (Å²) in [6.07, 6.45) is 2.88. The molecule has 1 N–H and O–H groups in total. The van der Waals surface area contributed by atoms with Gasteiger partial charge in [-0.2, -0.15) is 0 Å². The molecule has 0 aliphatic rings. The first kappa shape index (κ1) is 9.13. The molecule has 0 spiro atoms. The number of aliphatic hydroxyl groups excluding tert-OH is 1. The third-order valence-electron chi connectivity index (χ3n) is 1.70. The van der Waals surface area contributed by atoms with Crippen molar-refractivity contribution >= 4 is 0 Å². The van der Waals surface area contributed by atoms with Gasteiger partial charge in [-0.1, -0.05) is 13.8 Å². The van der Waals surface area contributed by atoms with E-state index in [2.05, 4.69) is 9.97 Å². The van der Waals surface area contributed by atoms with Crippen molar-refractivity contribution in [2.75, 3.05) is 0 Å². The number of aromatic nitrogens is 2. The van der Waals surface area contributed by atoms with E-state index in [4.69, 9.17) is 0 Å². The van der Waals surface area contributed by atoms with Gasteiger partial charge in [-0.3, -0.25) is 0 Å². The molecule has 0 saturated heterocycles. The standard InChI is InChI=1S/C9H14N2O/c1-6(2)8(12)9-10-4-7(3)5-11-9/h4-6,8,12H,1-3H3/t8-/m1/s1. The molecule has 12 heavy (non-hydrogen) atoms. The Hall–Kier alpha value is -0.960. The average Bonchev–Trinajstić information content (AvgIpc) is 2.04. The second-order valence-corrected chi connectivity index (χ2v) is 3.31. The summed E-state index contributed by atoms with van der Waals surface area (Å²) < 4.78 is 0. The first-order chi connectivity index (χ1) is 5.61. The molecule has 0 fully saturated rings. The lowest BCUT2D eigenvalue weighted by molar-refractivity contribution is 0.117. The fourth-order valence-electron chi connectivity index (χ4n) is 0.853. The fourth-order valence-corrected chi connectivity index (χ4v) is 0.853. The largest absolute Gasteiger partial charge is 0.385 e. The third kappa shape index (κ3) is 2.01. The van der Waals surface area contributed by atoms with Gasteiger partial charge < -0.3 is 5.11 Å². The Labute approximate surface area is 72.5 Å². The van der Waals surface area contributed by atoms with E-state index >= 15 is 0 Å². The SMILES string of the molecule is Cc1cnc([C@H](O)C(C)C)nc1. The molecule has 0 aliphatic carbocycles. The van der Waals surface area contributed by atoms with Gasteiger partial charge in [0.15, 0.2) is 5.82 Å². The summed E-state index contributed by atoms with van der Waals surface area (Å²) in [4.78, 5) is 8.08. The molecule has 0 bridgehead atoms. The predicted molar refractivity (Wildman–Crippen MR) is 46.6 cm³/mol. The Morgan fingerprint density at radius 1 is 1.25 bits per heavy atom. The van der Waals surface area contributed by atoms with Gasteiger partial charge in [0.2, 0.25) is 0 Å². The smallest absolute Gasteiger partial charge is 0.157 e. The molecule has 66 valence electrons. The number of aryl methyl sites for hydroxylation is 1. The summed E-state index contributed by atoms with van der Waals surface area (Å²) in [6, 6.07) is 0. The molecule has 1 aromatic rings. The van der Waals surface area contributed by atoms with Crippen LogP contribution in [0.4, 0.5) is 0 Å². The second kappa shape index (κ2) is 3.63. The molecule has 1 aromatic heterocycles. The maximum absolute atomic E-state index is 9.56. The number of rotatable bonds is 2. The summed E-state index contributed by atoms with van der Waals surface area (Å²) >= 11 is 0. The number of hydrogen-bond donors (Lipinski definition) is 1. The van der Waals surface area contributed by atoms with E-state index in [0.717, 1.165) is 5.56 Å². The van der Waals surface area contributed by atoms with Crippen molar-refractivity contribution in [3.63, 3.8) is 0 Å². The highest BCUT2D eigenvalue weighted by molar-refractivity contribution is 5.03. The van der Waals surface area contributed by atoms with Crippen LogP contribution in [0.15, 0.2) is 12.4 Å². The predicted octanol–water partition coefficient (Wildman–Crippen LogP) is 1.47. The lowest BCUT2D eigenvalue weighted by Crippen LogP contribution is -2.09. The molecule has 1 rings (SSSR count). The molecule has 0 saturated carbocycles. The van der Waals surface area contributed by atoms with Crippen LogP contribution in [0.3, 0.4) is 0 Å². The summed E-state index contributed by atoms with van der Waals surface area (Å²) in [5, 5.41) is 9.56. The minimum atomic E-state index is -0.550. The maximum Gasteiger partial charge on any atom is 0.157 e. The molecular formula is C9H14N2O. The number of aliphatic hydroxyl groups is 1. The topological polar surface area (TPSA) is 46.0 Å². The van der Waals surface area contributed by atoms with E-state index in [0.29, 0.717) is 5.82 Å². The minimum absolute atomic E-state index is 0.160.